The van der Waals surface area contributed by atoms with Crippen LogP contribution in [0.2, 0.25) is 10.0 Å². The van der Waals surface area contributed by atoms with Gasteiger partial charge in [-0.15, -0.1) is 11.3 Å². The van der Waals surface area contributed by atoms with Crippen LogP contribution in [0.3, 0.4) is 0 Å². The number of hydrazine groups is 1. The molecule has 2 rings (SSSR count). The summed E-state index contributed by atoms with van der Waals surface area (Å²) < 4.78 is 0. The molecule has 0 aliphatic carbocycles. The number of halogens is 2. The first-order valence-corrected chi connectivity index (χ1v) is 7.43. The van der Waals surface area contributed by atoms with Crippen molar-refractivity contribution in [2.24, 2.45) is 11.6 Å². The first kappa shape index (κ1) is 16.4. The zero-order valence-electron chi connectivity index (χ0n) is 10.9. The van der Waals surface area contributed by atoms with Gasteiger partial charge in [-0.3, -0.25) is 5.84 Å². The minimum Gasteiger partial charge on any atom is -0.476 e. The molecule has 0 atom stereocenters. The summed E-state index contributed by atoms with van der Waals surface area (Å²) in [5.41, 5.74) is 8.71. The molecule has 0 saturated heterocycles. The number of rotatable bonds is 5. The Morgan fingerprint density at radius 3 is 2.64 bits per heavy atom. The van der Waals surface area contributed by atoms with Crippen molar-refractivity contribution in [1.82, 2.24) is 10.4 Å². The predicted molar refractivity (Wildman–Crippen MR) is 87.4 cm³/mol. The molecule has 7 nitrogen and oxygen atoms in total. The van der Waals surface area contributed by atoms with Crippen molar-refractivity contribution >= 4 is 45.6 Å². The van der Waals surface area contributed by atoms with Gasteiger partial charge in [-0.05, 0) is 12.1 Å². The van der Waals surface area contributed by atoms with Crippen molar-refractivity contribution in [1.29, 1.82) is 0 Å². The van der Waals surface area contributed by atoms with Crippen LogP contribution in [0.4, 0.5) is 5.13 Å². The molecule has 0 unspecified atom stereocenters. The molecule has 1 aromatic heterocycles. The number of hydrogen-bond acceptors (Lipinski definition) is 7. The summed E-state index contributed by atoms with van der Waals surface area (Å²) in [7, 11) is 0. The standard InChI is InChI=1S/C12H11Cl2N5O2S/c13-6-2-1-5(3-7(6)14)8-4-22-12(17-8)18-10(15)9(19-16)11(20)21/h1-4,19H,15-16H2,(H,17,18)(H,20,21)/b10-9+. The number of hydrogen-bond donors (Lipinski definition) is 5. The lowest BCUT2D eigenvalue weighted by atomic mass is 10.2. The second-order valence-corrected chi connectivity index (χ2v) is 5.70. The Balaban J connectivity index is 2.25. The van der Waals surface area contributed by atoms with Crippen LogP contribution >= 0.6 is 34.5 Å². The molecular weight excluding hydrogens is 349 g/mol. The molecule has 2 aromatic rings. The van der Waals surface area contributed by atoms with E-state index in [1.807, 2.05) is 5.43 Å². The normalized spacial score (nSPS) is 11.8. The highest BCUT2D eigenvalue weighted by Crippen LogP contribution is 2.30. The molecule has 0 aliphatic heterocycles. The van der Waals surface area contributed by atoms with Crippen LogP contribution in [0.15, 0.2) is 35.1 Å². The van der Waals surface area contributed by atoms with Gasteiger partial charge in [-0.2, -0.15) is 0 Å². The third kappa shape index (κ3) is 3.60. The number of nitrogens with zero attached hydrogens (tertiary/aromatic N) is 1. The summed E-state index contributed by atoms with van der Waals surface area (Å²) in [5, 5.41) is 14.6. The lowest BCUT2D eigenvalue weighted by molar-refractivity contribution is -0.133. The molecule has 7 N–H and O–H groups in total. The van der Waals surface area contributed by atoms with Crippen LogP contribution in [0.5, 0.6) is 0 Å². The van der Waals surface area contributed by atoms with E-state index in [0.717, 1.165) is 5.56 Å². The molecule has 0 aliphatic rings. The molecule has 10 heteroatoms. The minimum absolute atomic E-state index is 0.148. The van der Waals surface area contributed by atoms with E-state index >= 15 is 0 Å². The van der Waals surface area contributed by atoms with E-state index in [4.69, 9.17) is 39.9 Å². The van der Waals surface area contributed by atoms with Crippen LogP contribution in [-0.4, -0.2) is 16.1 Å². The molecule has 0 fully saturated rings. The second kappa shape index (κ2) is 6.84. The number of benzene rings is 1. The molecule has 0 saturated carbocycles. The maximum atomic E-state index is 10.9. The van der Waals surface area contributed by atoms with Crippen molar-refractivity contribution in [3.05, 3.63) is 45.1 Å². The number of anilines is 1. The van der Waals surface area contributed by atoms with Crippen LogP contribution in [-0.2, 0) is 4.79 Å². The molecule has 1 heterocycles. The quantitative estimate of drug-likeness (QED) is 0.314. The van der Waals surface area contributed by atoms with Gasteiger partial charge in [0.1, 0.15) is 5.82 Å². The molecule has 0 spiro atoms. The number of aliphatic carboxylic acids is 1. The van der Waals surface area contributed by atoms with Gasteiger partial charge in [0.25, 0.3) is 0 Å². The first-order chi connectivity index (χ1) is 10.4. The average Bonchev–Trinajstić information content (AvgIpc) is 2.90. The van der Waals surface area contributed by atoms with Gasteiger partial charge >= 0.3 is 5.97 Å². The van der Waals surface area contributed by atoms with E-state index in [-0.39, 0.29) is 11.5 Å². The molecular formula is C12H11Cl2N5O2S. The number of carboxylic acids is 1. The Kier molecular flexibility index (Phi) is 5.09. The Morgan fingerprint density at radius 1 is 1.32 bits per heavy atom. The van der Waals surface area contributed by atoms with Crippen LogP contribution < -0.4 is 22.3 Å². The van der Waals surface area contributed by atoms with E-state index in [1.54, 1.807) is 23.6 Å². The second-order valence-electron chi connectivity index (χ2n) is 4.03. The van der Waals surface area contributed by atoms with Gasteiger partial charge in [0.15, 0.2) is 10.8 Å². The maximum absolute atomic E-state index is 10.9. The maximum Gasteiger partial charge on any atom is 0.357 e. The number of carboxylic acid groups (broad SMARTS) is 1. The van der Waals surface area contributed by atoms with Gasteiger partial charge in [0.05, 0.1) is 15.7 Å². The molecule has 0 amide bonds. The Labute approximate surface area is 139 Å². The molecule has 1 aromatic carbocycles. The monoisotopic (exact) mass is 359 g/mol. The lowest BCUT2D eigenvalue weighted by Gasteiger charge is -2.07. The summed E-state index contributed by atoms with van der Waals surface area (Å²) in [5.74, 6) is 3.67. The van der Waals surface area contributed by atoms with E-state index in [1.165, 1.54) is 11.3 Å². The highest BCUT2D eigenvalue weighted by atomic mass is 35.5. The van der Waals surface area contributed by atoms with Gasteiger partial charge in [0.2, 0.25) is 0 Å². The summed E-state index contributed by atoms with van der Waals surface area (Å²) in [6.07, 6.45) is 0. The number of nitrogens with two attached hydrogens (primary N) is 2. The first-order valence-electron chi connectivity index (χ1n) is 5.80. The third-order valence-electron chi connectivity index (χ3n) is 2.59. The lowest BCUT2D eigenvalue weighted by Crippen LogP contribution is -2.32. The molecule has 116 valence electrons. The van der Waals surface area contributed by atoms with Crippen molar-refractivity contribution in [2.75, 3.05) is 5.32 Å². The zero-order chi connectivity index (χ0) is 16.3. The fraction of sp³-hybridized carbons (Fsp3) is 0. The van der Waals surface area contributed by atoms with E-state index in [9.17, 15) is 4.79 Å². The predicted octanol–water partition coefficient (Wildman–Crippen LogP) is 2.20. The number of carbonyl (C=O) groups is 1. The average molecular weight is 360 g/mol. The summed E-state index contributed by atoms with van der Waals surface area (Å²) in [4.78, 5) is 15.2. The smallest absolute Gasteiger partial charge is 0.357 e. The Hall–Kier alpha value is -2.00. The van der Waals surface area contributed by atoms with Crippen LogP contribution in [0, 0.1) is 0 Å². The van der Waals surface area contributed by atoms with Crippen LogP contribution in [0.25, 0.3) is 11.3 Å². The topological polar surface area (TPSA) is 126 Å². The summed E-state index contributed by atoms with van der Waals surface area (Å²) in [6, 6.07) is 5.13. The molecule has 0 radical (unpaired) electrons. The number of aromatic nitrogens is 1. The molecule has 22 heavy (non-hydrogen) atoms. The van der Waals surface area contributed by atoms with E-state index < -0.39 is 5.97 Å². The SMILES string of the molecule is NN/C(C(=O)O)=C(\N)Nc1nc(-c2ccc(Cl)c(Cl)c2)cs1. The van der Waals surface area contributed by atoms with Crippen molar-refractivity contribution in [2.45, 2.75) is 0 Å². The largest absolute Gasteiger partial charge is 0.476 e. The van der Waals surface area contributed by atoms with Crippen molar-refractivity contribution in [3.63, 3.8) is 0 Å². The van der Waals surface area contributed by atoms with Gasteiger partial charge in [-0.25, -0.2) is 9.78 Å². The Morgan fingerprint density at radius 2 is 2.05 bits per heavy atom. The van der Waals surface area contributed by atoms with Crippen molar-refractivity contribution < 1.29 is 9.90 Å². The van der Waals surface area contributed by atoms with Gasteiger partial charge in [-0.1, -0.05) is 29.3 Å². The number of thiazole rings is 1. The zero-order valence-corrected chi connectivity index (χ0v) is 13.3. The summed E-state index contributed by atoms with van der Waals surface area (Å²) in [6.45, 7) is 0. The van der Waals surface area contributed by atoms with Gasteiger partial charge in [0, 0.05) is 10.9 Å². The minimum atomic E-state index is -1.28. The Bertz CT molecular complexity index is 747. The van der Waals surface area contributed by atoms with E-state index in [2.05, 4.69) is 10.3 Å². The third-order valence-corrected chi connectivity index (χ3v) is 4.09. The van der Waals surface area contributed by atoms with Crippen molar-refractivity contribution in [3.8, 4) is 11.3 Å². The fourth-order valence-corrected chi connectivity index (χ4v) is 2.58. The highest BCUT2D eigenvalue weighted by Gasteiger charge is 2.13. The highest BCUT2D eigenvalue weighted by molar-refractivity contribution is 7.14. The molecule has 0 bridgehead atoms. The number of nitrogens with one attached hydrogen (secondary N) is 2. The van der Waals surface area contributed by atoms with Gasteiger partial charge < -0.3 is 21.6 Å². The summed E-state index contributed by atoms with van der Waals surface area (Å²) >= 11 is 13.1. The van der Waals surface area contributed by atoms with E-state index in [0.29, 0.717) is 20.9 Å². The fourth-order valence-electron chi connectivity index (χ4n) is 1.55. The van der Waals surface area contributed by atoms with Crippen LogP contribution in [0.1, 0.15) is 0 Å².